The number of carbonyl (C=O) groups is 1. The standard InChI is InChI=1S/C24H27FN4O8S/c1-27-38(32,33)13-17-12-35-16(10-36-17)11-37-21-18(25)6-7-19-20(21)24(31)29(23(28-19)22(26)30)9-14-4-3-5-15(8-14)34-2/h3-8,16-17,27H,9-13H2,1-2H3,(H2,26,30). The van der Waals surface area contributed by atoms with Crippen molar-refractivity contribution in [2.75, 3.05) is 39.7 Å². The van der Waals surface area contributed by atoms with E-state index in [0.717, 1.165) is 10.6 Å². The number of benzene rings is 2. The highest BCUT2D eigenvalue weighted by Gasteiger charge is 2.28. The molecule has 0 radical (unpaired) electrons. The Morgan fingerprint density at radius 3 is 2.63 bits per heavy atom. The molecule has 14 heteroatoms. The number of rotatable bonds is 10. The summed E-state index contributed by atoms with van der Waals surface area (Å²) in [6, 6.07) is 9.17. The number of nitrogens with zero attached hydrogens (tertiary/aromatic N) is 2. The molecule has 1 aromatic heterocycles. The highest BCUT2D eigenvalue weighted by atomic mass is 32.2. The third-order valence-corrected chi connectivity index (χ3v) is 7.32. The van der Waals surface area contributed by atoms with Gasteiger partial charge < -0.3 is 24.7 Å². The summed E-state index contributed by atoms with van der Waals surface area (Å²) in [6.07, 6.45) is -1.31. The molecule has 1 saturated heterocycles. The lowest BCUT2D eigenvalue weighted by Crippen LogP contribution is -2.43. The molecule has 1 amide bonds. The first kappa shape index (κ1) is 27.4. The van der Waals surface area contributed by atoms with Gasteiger partial charge in [0.2, 0.25) is 15.8 Å². The fourth-order valence-corrected chi connectivity index (χ4v) is 4.81. The van der Waals surface area contributed by atoms with Crippen LogP contribution in [0.5, 0.6) is 11.5 Å². The molecule has 3 N–H and O–H groups in total. The van der Waals surface area contributed by atoms with Gasteiger partial charge >= 0.3 is 0 Å². The number of sulfonamides is 1. The van der Waals surface area contributed by atoms with E-state index < -0.39 is 39.5 Å². The molecule has 3 aromatic rings. The second kappa shape index (κ2) is 11.4. The smallest absolute Gasteiger partial charge is 0.284 e. The Balaban J connectivity index is 1.61. The summed E-state index contributed by atoms with van der Waals surface area (Å²) in [7, 11) is -0.685. The van der Waals surface area contributed by atoms with E-state index in [1.54, 1.807) is 24.3 Å². The van der Waals surface area contributed by atoms with Gasteiger partial charge in [0.25, 0.3) is 11.5 Å². The highest BCUT2D eigenvalue weighted by molar-refractivity contribution is 7.89. The quantitative estimate of drug-likeness (QED) is 0.364. The Kier molecular flexibility index (Phi) is 8.26. The van der Waals surface area contributed by atoms with Crippen LogP contribution in [-0.2, 0) is 26.0 Å². The van der Waals surface area contributed by atoms with Crippen molar-refractivity contribution in [3.8, 4) is 11.5 Å². The Morgan fingerprint density at radius 1 is 1.24 bits per heavy atom. The van der Waals surface area contributed by atoms with Gasteiger partial charge in [-0.25, -0.2) is 22.5 Å². The van der Waals surface area contributed by atoms with E-state index in [4.69, 9.17) is 24.7 Å². The van der Waals surface area contributed by atoms with Crippen molar-refractivity contribution < 1.29 is 36.6 Å². The van der Waals surface area contributed by atoms with Gasteiger partial charge in [-0.05, 0) is 36.9 Å². The molecule has 0 saturated carbocycles. The maximum atomic E-state index is 14.9. The Morgan fingerprint density at radius 2 is 1.97 bits per heavy atom. The second-order valence-corrected chi connectivity index (χ2v) is 10.5. The highest BCUT2D eigenvalue weighted by Crippen LogP contribution is 2.27. The van der Waals surface area contributed by atoms with Gasteiger partial charge in [-0.15, -0.1) is 0 Å². The largest absolute Gasteiger partial charge is 0.497 e. The van der Waals surface area contributed by atoms with Gasteiger partial charge in [0.1, 0.15) is 23.8 Å². The number of fused-ring (bicyclic) bond motifs is 1. The summed E-state index contributed by atoms with van der Waals surface area (Å²) in [4.78, 5) is 29.9. The van der Waals surface area contributed by atoms with Crippen molar-refractivity contribution in [2.24, 2.45) is 5.73 Å². The van der Waals surface area contributed by atoms with Crippen LogP contribution in [0.4, 0.5) is 4.39 Å². The number of primary amides is 1. The first-order valence-electron chi connectivity index (χ1n) is 11.5. The Bertz CT molecular complexity index is 1500. The monoisotopic (exact) mass is 550 g/mol. The van der Waals surface area contributed by atoms with E-state index in [1.807, 2.05) is 0 Å². The molecule has 2 heterocycles. The molecule has 2 unspecified atom stereocenters. The van der Waals surface area contributed by atoms with E-state index in [-0.39, 0.29) is 54.6 Å². The average Bonchev–Trinajstić information content (AvgIpc) is 2.90. The van der Waals surface area contributed by atoms with Gasteiger partial charge in [0.05, 0.1) is 44.2 Å². The Hall–Kier alpha value is -3.59. The minimum Gasteiger partial charge on any atom is -0.497 e. The van der Waals surface area contributed by atoms with E-state index in [0.29, 0.717) is 11.3 Å². The summed E-state index contributed by atoms with van der Waals surface area (Å²) in [5.41, 5.74) is 5.43. The van der Waals surface area contributed by atoms with Crippen LogP contribution in [0.25, 0.3) is 10.9 Å². The molecule has 204 valence electrons. The lowest BCUT2D eigenvalue weighted by Gasteiger charge is -2.29. The van der Waals surface area contributed by atoms with Crippen LogP contribution in [-0.4, -0.2) is 75.8 Å². The zero-order valence-corrected chi connectivity index (χ0v) is 21.5. The summed E-state index contributed by atoms with van der Waals surface area (Å²) in [6.45, 7) is -0.275. The van der Waals surface area contributed by atoms with Crippen LogP contribution < -0.4 is 25.5 Å². The first-order chi connectivity index (χ1) is 18.1. The normalized spacial score (nSPS) is 17.9. The van der Waals surface area contributed by atoms with Gasteiger partial charge in [-0.3, -0.25) is 14.2 Å². The molecule has 1 aliphatic heterocycles. The van der Waals surface area contributed by atoms with Crippen molar-refractivity contribution in [2.45, 2.75) is 18.8 Å². The molecule has 2 atom stereocenters. The number of methoxy groups -OCH3 is 1. The van der Waals surface area contributed by atoms with Crippen LogP contribution in [0, 0.1) is 5.82 Å². The molecule has 1 fully saturated rings. The molecule has 4 rings (SSSR count). The average molecular weight is 551 g/mol. The maximum absolute atomic E-state index is 14.9. The number of nitrogens with one attached hydrogen (secondary N) is 1. The molecule has 38 heavy (non-hydrogen) atoms. The second-order valence-electron chi connectivity index (χ2n) is 8.52. The van der Waals surface area contributed by atoms with Gasteiger partial charge in [-0.1, -0.05) is 12.1 Å². The van der Waals surface area contributed by atoms with Crippen molar-refractivity contribution >= 4 is 26.8 Å². The maximum Gasteiger partial charge on any atom is 0.284 e. The molecular weight excluding hydrogens is 523 g/mol. The van der Waals surface area contributed by atoms with E-state index in [1.165, 1.54) is 20.2 Å². The van der Waals surface area contributed by atoms with Crippen LogP contribution in [0.15, 0.2) is 41.2 Å². The van der Waals surface area contributed by atoms with Crippen molar-refractivity contribution in [1.82, 2.24) is 14.3 Å². The molecular formula is C24H27FN4O8S. The van der Waals surface area contributed by atoms with Gasteiger partial charge in [-0.2, -0.15) is 0 Å². The number of carbonyl (C=O) groups excluding carboxylic acids is 1. The van der Waals surface area contributed by atoms with E-state index >= 15 is 0 Å². The number of hydrogen-bond acceptors (Lipinski definition) is 9. The van der Waals surface area contributed by atoms with Crippen LogP contribution in [0.1, 0.15) is 16.2 Å². The summed E-state index contributed by atoms with van der Waals surface area (Å²) in [5.74, 6) is -2.13. The zero-order valence-electron chi connectivity index (χ0n) is 20.7. The lowest BCUT2D eigenvalue weighted by molar-refractivity contribution is -0.135. The van der Waals surface area contributed by atoms with Gasteiger partial charge in [0, 0.05) is 0 Å². The SMILES string of the molecule is CNS(=O)(=O)CC1COC(COc2c(F)ccc3nc(C(N)=O)n(Cc4cccc(OC)c4)c(=O)c23)CO1. The molecule has 0 spiro atoms. The molecule has 1 aliphatic rings. The van der Waals surface area contributed by atoms with Crippen LogP contribution >= 0.6 is 0 Å². The molecule has 12 nitrogen and oxygen atoms in total. The van der Waals surface area contributed by atoms with Crippen molar-refractivity contribution in [3.63, 3.8) is 0 Å². The predicted molar refractivity (Wildman–Crippen MR) is 134 cm³/mol. The minimum absolute atomic E-state index is 0.000428. The number of hydrogen-bond donors (Lipinski definition) is 2. The number of halogens is 1. The lowest BCUT2D eigenvalue weighted by atomic mass is 10.1. The van der Waals surface area contributed by atoms with Crippen molar-refractivity contribution in [3.05, 3.63) is 64.0 Å². The topological polar surface area (TPSA) is 161 Å². The summed E-state index contributed by atoms with van der Waals surface area (Å²) < 4.78 is 63.6. The van der Waals surface area contributed by atoms with E-state index in [2.05, 4.69) is 9.71 Å². The van der Waals surface area contributed by atoms with E-state index in [9.17, 15) is 22.4 Å². The third-order valence-electron chi connectivity index (χ3n) is 5.89. The third kappa shape index (κ3) is 6.10. The van der Waals surface area contributed by atoms with Crippen LogP contribution in [0.2, 0.25) is 0 Å². The van der Waals surface area contributed by atoms with Crippen LogP contribution in [0.3, 0.4) is 0 Å². The molecule has 0 aliphatic carbocycles. The number of nitrogens with two attached hydrogens (primary N) is 1. The minimum atomic E-state index is -3.49. The zero-order chi connectivity index (χ0) is 27.4. The molecule has 0 bridgehead atoms. The fraction of sp³-hybridized carbons (Fsp3) is 0.375. The predicted octanol–water partition coefficient (Wildman–Crippen LogP) is 0.403. The molecule has 2 aromatic carbocycles. The number of amides is 1. The summed E-state index contributed by atoms with van der Waals surface area (Å²) in [5, 5.41) is -0.174. The fourth-order valence-electron chi connectivity index (χ4n) is 3.96. The van der Waals surface area contributed by atoms with Crippen molar-refractivity contribution in [1.29, 1.82) is 0 Å². The van der Waals surface area contributed by atoms with Gasteiger partial charge in [0.15, 0.2) is 11.6 Å². The summed E-state index contributed by atoms with van der Waals surface area (Å²) >= 11 is 0. The number of ether oxygens (including phenoxy) is 4. The number of aromatic nitrogens is 2. The Labute approximate surface area is 217 Å². The first-order valence-corrected chi connectivity index (χ1v) is 13.2.